The minimum absolute atomic E-state index is 0.0733. The van der Waals surface area contributed by atoms with Crippen LogP contribution in [-0.2, 0) is 23.9 Å². The van der Waals surface area contributed by atoms with E-state index in [1.54, 1.807) is 0 Å². The lowest BCUT2D eigenvalue weighted by Gasteiger charge is -2.32. The number of benzene rings is 1. The minimum atomic E-state index is -0.830. The van der Waals surface area contributed by atoms with E-state index in [1.165, 1.54) is 0 Å². The number of carbonyl (C=O) groups is 4. The third kappa shape index (κ3) is 15.1. The van der Waals surface area contributed by atoms with Crippen molar-refractivity contribution in [2.75, 3.05) is 31.6 Å². The minimum Gasteiger partial charge on any atom is -0.380 e. The molecule has 0 aliphatic rings. The van der Waals surface area contributed by atoms with Crippen LogP contribution in [0.25, 0.3) is 0 Å². The Balaban J connectivity index is 2.75. The number of amides is 4. The van der Waals surface area contributed by atoms with E-state index in [-0.39, 0.29) is 47.3 Å². The van der Waals surface area contributed by atoms with Gasteiger partial charge in [0.2, 0.25) is 23.6 Å². The van der Waals surface area contributed by atoms with Crippen LogP contribution in [0.4, 0.5) is 5.69 Å². The van der Waals surface area contributed by atoms with Gasteiger partial charge in [0.05, 0.1) is 13.2 Å². The van der Waals surface area contributed by atoms with Crippen molar-refractivity contribution in [2.45, 2.75) is 126 Å². The fraction of sp³-hybridized carbons (Fsp3) is 0.714. The van der Waals surface area contributed by atoms with Crippen LogP contribution in [0.1, 0.15) is 116 Å². The van der Waals surface area contributed by atoms with Crippen molar-refractivity contribution in [3.05, 3.63) is 27.2 Å². The van der Waals surface area contributed by atoms with Gasteiger partial charge in [0.1, 0.15) is 6.04 Å². The first-order valence-corrected chi connectivity index (χ1v) is 17.3. The molecular formula is C35H59BrN4O5. The van der Waals surface area contributed by atoms with Crippen molar-refractivity contribution in [1.82, 2.24) is 16.0 Å². The average molecular weight is 696 g/mol. The molecule has 0 saturated heterocycles. The van der Waals surface area contributed by atoms with E-state index in [4.69, 9.17) is 4.74 Å². The van der Waals surface area contributed by atoms with Crippen molar-refractivity contribution < 1.29 is 23.9 Å². The van der Waals surface area contributed by atoms with Crippen molar-refractivity contribution in [3.63, 3.8) is 0 Å². The number of hydrogen-bond acceptors (Lipinski definition) is 5. The van der Waals surface area contributed by atoms with E-state index in [0.717, 1.165) is 52.5 Å². The molecule has 45 heavy (non-hydrogen) atoms. The number of hydrogen-bond donors (Lipinski definition) is 4. The fourth-order valence-corrected chi connectivity index (χ4v) is 5.19. The van der Waals surface area contributed by atoms with Crippen LogP contribution in [0, 0.1) is 31.6 Å². The Hall–Kier alpha value is -2.46. The Morgan fingerprint density at radius 3 is 2.13 bits per heavy atom. The number of carbonyl (C=O) groups excluding carboxylic acids is 4. The monoisotopic (exact) mass is 694 g/mol. The Morgan fingerprint density at radius 2 is 1.51 bits per heavy atom. The molecule has 0 bridgehead atoms. The van der Waals surface area contributed by atoms with Crippen molar-refractivity contribution in [1.29, 1.82) is 0 Å². The van der Waals surface area contributed by atoms with Gasteiger partial charge in [-0.1, -0.05) is 76.4 Å². The molecule has 2 atom stereocenters. The highest BCUT2D eigenvalue weighted by atomic mass is 79.9. The van der Waals surface area contributed by atoms with Gasteiger partial charge in [0, 0.05) is 53.3 Å². The first-order valence-electron chi connectivity index (χ1n) is 16.6. The van der Waals surface area contributed by atoms with Gasteiger partial charge in [-0.25, -0.2) is 0 Å². The lowest BCUT2D eigenvalue weighted by Crippen LogP contribution is -2.50. The smallest absolute Gasteiger partial charge is 0.242 e. The second kappa shape index (κ2) is 19.9. The van der Waals surface area contributed by atoms with E-state index in [1.807, 2.05) is 33.8 Å². The Bertz CT molecular complexity index is 1140. The topological polar surface area (TPSA) is 126 Å². The Labute approximate surface area is 280 Å². The maximum Gasteiger partial charge on any atom is 0.242 e. The second-order valence-electron chi connectivity index (χ2n) is 13.6. The average Bonchev–Trinajstić information content (AvgIpc) is 2.98. The molecule has 9 nitrogen and oxygen atoms in total. The number of nitrogens with one attached hydrogen (secondary N) is 4. The van der Waals surface area contributed by atoms with Crippen molar-refractivity contribution >= 4 is 45.2 Å². The maximum absolute atomic E-state index is 13.3. The summed E-state index contributed by atoms with van der Waals surface area (Å²) in [6.45, 7) is 19.9. The molecule has 1 aromatic rings. The third-order valence-electron chi connectivity index (χ3n) is 8.19. The molecule has 0 aliphatic heterocycles. The molecule has 0 fully saturated rings. The molecule has 0 radical (unpaired) electrons. The molecule has 0 aromatic heterocycles. The van der Waals surface area contributed by atoms with E-state index >= 15 is 0 Å². The Kier molecular flexibility index (Phi) is 18.0. The molecule has 0 saturated carbocycles. The standard InChI is InChI=1S/C35H59BrN4O5/c1-10-13-14-16-28(41)37-20-34(7,8)22-45-23-35(9,12-3)21-38-33(44)27(39-29(42)15-11-2)17-18-30(43)40-32-25(5)19-24(4)31(36)26(32)6/h19,27H,10-18,20-23H2,1-9H3,(H,37,41)(H,38,44)(H,39,42)(H,40,43)/t27-,35?/m1/s1. The molecule has 10 heteroatoms. The summed E-state index contributed by atoms with van der Waals surface area (Å²) in [5.41, 5.74) is 3.18. The normalized spacial score (nSPS) is 13.5. The second-order valence-corrected chi connectivity index (χ2v) is 14.3. The summed E-state index contributed by atoms with van der Waals surface area (Å²) < 4.78 is 7.06. The molecule has 0 spiro atoms. The zero-order valence-electron chi connectivity index (χ0n) is 29.3. The third-order valence-corrected chi connectivity index (χ3v) is 9.41. The molecule has 0 heterocycles. The number of halogens is 1. The van der Waals surface area contributed by atoms with Gasteiger partial charge < -0.3 is 26.0 Å². The summed E-state index contributed by atoms with van der Waals surface area (Å²) in [7, 11) is 0. The first kappa shape index (κ1) is 40.6. The van der Waals surface area contributed by atoms with Gasteiger partial charge in [0.25, 0.3) is 0 Å². The number of anilines is 1. The number of aryl methyl sites for hydroxylation is 2. The highest BCUT2D eigenvalue weighted by molar-refractivity contribution is 9.10. The summed E-state index contributed by atoms with van der Waals surface area (Å²) in [5, 5.41) is 11.9. The molecule has 1 aromatic carbocycles. The van der Waals surface area contributed by atoms with Gasteiger partial charge in [-0.05, 0) is 63.1 Å². The van der Waals surface area contributed by atoms with Crippen LogP contribution < -0.4 is 21.3 Å². The van der Waals surface area contributed by atoms with Gasteiger partial charge in [-0.2, -0.15) is 0 Å². The van der Waals surface area contributed by atoms with E-state index in [9.17, 15) is 19.2 Å². The molecule has 0 aliphatic carbocycles. The van der Waals surface area contributed by atoms with Gasteiger partial charge >= 0.3 is 0 Å². The summed E-state index contributed by atoms with van der Waals surface area (Å²) in [6, 6.07) is 1.18. The lowest BCUT2D eigenvalue weighted by atomic mass is 9.88. The maximum atomic E-state index is 13.3. The van der Waals surface area contributed by atoms with Crippen LogP contribution in [0.5, 0.6) is 0 Å². The number of rotatable bonds is 21. The molecule has 4 amide bonds. The van der Waals surface area contributed by atoms with Gasteiger partial charge in [-0.15, -0.1) is 0 Å². The zero-order valence-corrected chi connectivity index (χ0v) is 30.9. The van der Waals surface area contributed by atoms with Crippen LogP contribution in [0.2, 0.25) is 0 Å². The van der Waals surface area contributed by atoms with Crippen LogP contribution in [0.15, 0.2) is 10.5 Å². The predicted molar refractivity (Wildman–Crippen MR) is 186 cm³/mol. The summed E-state index contributed by atoms with van der Waals surface area (Å²) in [4.78, 5) is 50.9. The van der Waals surface area contributed by atoms with E-state index in [0.29, 0.717) is 45.6 Å². The van der Waals surface area contributed by atoms with Crippen molar-refractivity contribution in [2.24, 2.45) is 10.8 Å². The predicted octanol–water partition coefficient (Wildman–Crippen LogP) is 6.65. The number of unbranched alkanes of at least 4 members (excludes halogenated alkanes) is 2. The number of ether oxygens (including phenoxy) is 1. The molecule has 1 unspecified atom stereocenters. The lowest BCUT2D eigenvalue weighted by molar-refractivity contribution is -0.130. The van der Waals surface area contributed by atoms with Crippen LogP contribution >= 0.6 is 15.9 Å². The quantitative estimate of drug-likeness (QED) is 0.107. The fourth-order valence-electron chi connectivity index (χ4n) is 4.88. The molecule has 256 valence electrons. The SMILES string of the molecule is CCCCCC(=O)NCC(C)(C)COCC(C)(CC)CNC(=O)[C@@H](CCC(=O)Nc1c(C)cc(C)c(Br)c1C)NC(=O)CCC. The largest absolute Gasteiger partial charge is 0.380 e. The van der Waals surface area contributed by atoms with E-state index in [2.05, 4.69) is 71.8 Å². The highest BCUT2D eigenvalue weighted by Gasteiger charge is 2.28. The van der Waals surface area contributed by atoms with Crippen molar-refractivity contribution in [3.8, 4) is 0 Å². The molecule has 1 rings (SSSR count). The summed E-state index contributed by atoms with van der Waals surface area (Å²) in [6.07, 6.45) is 5.58. The highest BCUT2D eigenvalue weighted by Crippen LogP contribution is 2.31. The van der Waals surface area contributed by atoms with Gasteiger partial charge in [-0.3, -0.25) is 19.2 Å². The summed E-state index contributed by atoms with van der Waals surface area (Å²) >= 11 is 3.59. The van der Waals surface area contributed by atoms with Crippen LogP contribution in [-0.4, -0.2) is 56.0 Å². The van der Waals surface area contributed by atoms with E-state index < -0.39 is 6.04 Å². The zero-order chi connectivity index (χ0) is 34.2. The Morgan fingerprint density at radius 1 is 0.822 bits per heavy atom. The van der Waals surface area contributed by atoms with Crippen LogP contribution in [0.3, 0.4) is 0 Å². The summed E-state index contributed by atoms with van der Waals surface area (Å²) in [5.74, 6) is -0.674. The molecule has 4 N–H and O–H groups in total. The first-order chi connectivity index (χ1) is 21.1. The molecular weight excluding hydrogens is 636 g/mol. The van der Waals surface area contributed by atoms with Gasteiger partial charge in [0.15, 0.2) is 0 Å².